The van der Waals surface area contributed by atoms with Crippen molar-refractivity contribution in [1.29, 1.82) is 0 Å². The van der Waals surface area contributed by atoms with Crippen LogP contribution in [0.15, 0.2) is 48.5 Å². The number of methoxy groups -OCH3 is 1. The first-order valence-electron chi connectivity index (χ1n) is 6.63. The molecule has 2 aromatic rings. The number of urea groups is 1. The number of para-hydroxylation sites is 1. The normalized spacial score (nSPS) is 10.1. The first-order chi connectivity index (χ1) is 10.2. The lowest BCUT2D eigenvalue weighted by molar-refractivity contribution is 0.202. The van der Waals surface area contributed by atoms with Gasteiger partial charge in [0.1, 0.15) is 5.75 Å². The third-order valence-corrected chi connectivity index (χ3v) is 2.97. The van der Waals surface area contributed by atoms with Crippen molar-refractivity contribution < 1.29 is 14.6 Å². The van der Waals surface area contributed by atoms with Crippen molar-refractivity contribution in [2.24, 2.45) is 0 Å². The lowest BCUT2D eigenvalue weighted by Crippen LogP contribution is -2.20. The summed E-state index contributed by atoms with van der Waals surface area (Å²) in [6, 6.07) is 13.6. The van der Waals surface area contributed by atoms with Gasteiger partial charge in [-0.2, -0.15) is 0 Å². The number of anilines is 2. The summed E-state index contributed by atoms with van der Waals surface area (Å²) in [5.41, 5.74) is 2.38. The van der Waals surface area contributed by atoms with Crippen LogP contribution in [0.2, 0.25) is 0 Å². The van der Waals surface area contributed by atoms with Gasteiger partial charge in [-0.25, -0.2) is 4.79 Å². The number of hydrogen-bond donors (Lipinski definition) is 3. The molecule has 0 aromatic heterocycles. The van der Waals surface area contributed by atoms with Crippen molar-refractivity contribution >= 4 is 17.4 Å². The number of phenolic OH excluding ortho intramolecular Hbond substituents is 1. The molecule has 0 unspecified atom stereocenters. The van der Waals surface area contributed by atoms with Crippen molar-refractivity contribution in [2.75, 3.05) is 24.4 Å². The monoisotopic (exact) mass is 286 g/mol. The Kier molecular flexibility index (Phi) is 5.17. The van der Waals surface area contributed by atoms with E-state index < -0.39 is 0 Å². The lowest BCUT2D eigenvalue weighted by atomic mass is 10.1. The van der Waals surface area contributed by atoms with Gasteiger partial charge in [0.25, 0.3) is 0 Å². The van der Waals surface area contributed by atoms with E-state index in [1.165, 1.54) is 12.1 Å². The summed E-state index contributed by atoms with van der Waals surface area (Å²) >= 11 is 0. The Morgan fingerprint density at radius 2 is 1.81 bits per heavy atom. The highest BCUT2D eigenvalue weighted by Gasteiger charge is 2.06. The average Bonchev–Trinajstić information content (AvgIpc) is 2.49. The first-order valence-corrected chi connectivity index (χ1v) is 6.63. The fourth-order valence-electron chi connectivity index (χ4n) is 1.90. The maximum atomic E-state index is 12.0. The molecule has 2 rings (SSSR count). The summed E-state index contributed by atoms with van der Waals surface area (Å²) in [5, 5.41) is 14.7. The van der Waals surface area contributed by atoms with Crippen LogP contribution >= 0.6 is 0 Å². The molecular weight excluding hydrogens is 268 g/mol. The fraction of sp³-hybridized carbons (Fsp3) is 0.188. The molecule has 0 bridgehead atoms. The molecule has 110 valence electrons. The van der Waals surface area contributed by atoms with Gasteiger partial charge in [0, 0.05) is 18.5 Å². The number of hydrogen-bond acceptors (Lipinski definition) is 3. The predicted molar refractivity (Wildman–Crippen MR) is 82.8 cm³/mol. The number of benzene rings is 2. The summed E-state index contributed by atoms with van der Waals surface area (Å²) in [6.07, 6.45) is 0.728. The van der Waals surface area contributed by atoms with E-state index in [0.717, 1.165) is 17.7 Å². The van der Waals surface area contributed by atoms with E-state index in [4.69, 9.17) is 4.74 Å². The van der Waals surface area contributed by atoms with Crippen LogP contribution in [0, 0.1) is 0 Å². The molecule has 21 heavy (non-hydrogen) atoms. The lowest BCUT2D eigenvalue weighted by Gasteiger charge is -2.12. The summed E-state index contributed by atoms with van der Waals surface area (Å²) in [6.45, 7) is 0.596. The highest BCUT2D eigenvalue weighted by Crippen LogP contribution is 2.17. The number of phenols is 1. The molecule has 2 amide bonds. The number of aromatic hydroxyl groups is 1. The second-order valence-electron chi connectivity index (χ2n) is 4.53. The molecule has 5 nitrogen and oxygen atoms in total. The highest BCUT2D eigenvalue weighted by molar-refractivity contribution is 6.00. The van der Waals surface area contributed by atoms with Gasteiger partial charge in [0.2, 0.25) is 0 Å². The van der Waals surface area contributed by atoms with Crippen LogP contribution in [0.25, 0.3) is 0 Å². The van der Waals surface area contributed by atoms with Crippen LogP contribution < -0.4 is 10.6 Å². The topological polar surface area (TPSA) is 70.6 Å². The van der Waals surface area contributed by atoms with Crippen LogP contribution in [0.4, 0.5) is 16.2 Å². The van der Waals surface area contributed by atoms with Gasteiger partial charge in [-0.1, -0.05) is 18.2 Å². The second kappa shape index (κ2) is 7.31. The Morgan fingerprint density at radius 3 is 2.52 bits per heavy atom. The Morgan fingerprint density at radius 1 is 1.10 bits per heavy atom. The summed E-state index contributed by atoms with van der Waals surface area (Å²) in [4.78, 5) is 12.0. The van der Waals surface area contributed by atoms with Crippen molar-refractivity contribution in [1.82, 2.24) is 0 Å². The van der Waals surface area contributed by atoms with Crippen LogP contribution in [0.1, 0.15) is 5.56 Å². The molecule has 3 N–H and O–H groups in total. The number of ether oxygens (including phenoxy) is 1. The Balaban J connectivity index is 2.00. The highest BCUT2D eigenvalue weighted by atomic mass is 16.5. The second-order valence-corrected chi connectivity index (χ2v) is 4.53. The molecule has 5 heteroatoms. The molecule has 0 radical (unpaired) electrons. The number of carbonyl (C=O) groups excluding carboxylic acids is 1. The number of carbonyl (C=O) groups is 1. The standard InChI is InChI=1S/C16H18N2O3/c1-21-11-10-12-4-2-3-5-15(12)18-16(20)17-13-6-8-14(19)9-7-13/h2-9,19H,10-11H2,1H3,(H2,17,18,20). The molecule has 2 aromatic carbocycles. The maximum absolute atomic E-state index is 12.0. The van der Waals surface area contributed by atoms with Gasteiger partial charge in [0.05, 0.1) is 6.61 Å². The molecule has 0 fully saturated rings. The SMILES string of the molecule is COCCc1ccccc1NC(=O)Nc1ccc(O)cc1. The van der Waals surface area contributed by atoms with Gasteiger partial charge in [0.15, 0.2) is 0 Å². The van der Waals surface area contributed by atoms with E-state index in [9.17, 15) is 9.90 Å². The minimum atomic E-state index is -0.328. The van der Waals surface area contributed by atoms with Crippen LogP contribution in [0.5, 0.6) is 5.75 Å². The minimum absolute atomic E-state index is 0.158. The third-order valence-electron chi connectivity index (χ3n) is 2.97. The molecule has 0 saturated heterocycles. The third kappa shape index (κ3) is 4.50. The van der Waals surface area contributed by atoms with Crippen LogP contribution in [0.3, 0.4) is 0 Å². The van der Waals surface area contributed by atoms with E-state index in [-0.39, 0.29) is 11.8 Å². The average molecular weight is 286 g/mol. The number of amides is 2. The van der Waals surface area contributed by atoms with E-state index in [1.807, 2.05) is 24.3 Å². The molecule has 0 heterocycles. The first kappa shape index (κ1) is 14.9. The Bertz CT molecular complexity index is 597. The minimum Gasteiger partial charge on any atom is -0.508 e. The van der Waals surface area contributed by atoms with E-state index in [2.05, 4.69) is 10.6 Å². The van der Waals surface area contributed by atoms with Gasteiger partial charge in [-0.05, 0) is 42.3 Å². The van der Waals surface area contributed by atoms with E-state index >= 15 is 0 Å². The van der Waals surface area contributed by atoms with Gasteiger partial charge >= 0.3 is 6.03 Å². The van der Waals surface area contributed by atoms with E-state index in [1.54, 1.807) is 19.2 Å². The molecule has 0 atom stereocenters. The van der Waals surface area contributed by atoms with E-state index in [0.29, 0.717) is 12.3 Å². The summed E-state index contributed by atoms with van der Waals surface area (Å²) in [5.74, 6) is 0.158. The predicted octanol–water partition coefficient (Wildman–Crippen LogP) is 3.23. The smallest absolute Gasteiger partial charge is 0.323 e. The van der Waals surface area contributed by atoms with Gasteiger partial charge in [-0.15, -0.1) is 0 Å². The molecule has 0 aliphatic carbocycles. The van der Waals surface area contributed by atoms with Crippen molar-refractivity contribution in [3.05, 3.63) is 54.1 Å². The fourth-order valence-corrected chi connectivity index (χ4v) is 1.90. The van der Waals surface area contributed by atoms with Gasteiger partial charge < -0.3 is 20.5 Å². The van der Waals surface area contributed by atoms with Crippen LogP contribution in [-0.2, 0) is 11.2 Å². The quantitative estimate of drug-likeness (QED) is 0.739. The zero-order chi connectivity index (χ0) is 15.1. The zero-order valence-electron chi connectivity index (χ0n) is 11.8. The molecule has 0 spiro atoms. The largest absolute Gasteiger partial charge is 0.508 e. The Labute approximate surface area is 123 Å². The molecule has 0 aliphatic rings. The number of rotatable bonds is 5. The zero-order valence-corrected chi connectivity index (χ0v) is 11.8. The van der Waals surface area contributed by atoms with Crippen molar-refractivity contribution in [2.45, 2.75) is 6.42 Å². The molecule has 0 saturated carbocycles. The molecule has 0 aliphatic heterocycles. The summed E-state index contributed by atoms with van der Waals surface area (Å²) < 4.78 is 5.06. The number of nitrogens with one attached hydrogen (secondary N) is 2. The van der Waals surface area contributed by atoms with Crippen LogP contribution in [-0.4, -0.2) is 24.9 Å². The Hall–Kier alpha value is -2.53. The maximum Gasteiger partial charge on any atom is 0.323 e. The van der Waals surface area contributed by atoms with Crippen molar-refractivity contribution in [3.63, 3.8) is 0 Å². The summed E-state index contributed by atoms with van der Waals surface area (Å²) in [7, 11) is 1.65. The van der Waals surface area contributed by atoms with Crippen molar-refractivity contribution in [3.8, 4) is 5.75 Å². The van der Waals surface area contributed by atoms with Gasteiger partial charge in [-0.3, -0.25) is 0 Å². The molecular formula is C16H18N2O3.